The number of alkyl halides is 1. The van der Waals surface area contributed by atoms with E-state index in [0.29, 0.717) is 11.1 Å². The molecule has 0 radical (unpaired) electrons. The maximum absolute atomic E-state index is 12.9. The average molecular weight is 309 g/mol. The molecule has 8 nitrogen and oxygen atoms in total. The summed E-state index contributed by atoms with van der Waals surface area (Å²) in [5.74, 6) is -1.11. The van der Waals surface area contributed by atoms with Gasteiger partial charge >= 0.3 is 0 Å². The van der Waals surface area contributed by atoms with Crippen LogP contribution in [0.4, 0.5) is 4.39 Å². The van der Waals surface area contributed by atoms with E-state index in [1.807, 2.05) is 0 Å². The van der Waals surface area contributed by atoms with Crippen molar-refractivity contribution in [3.8, 4) is 0 Å². The highest BCUT2D eigenvalue weighted by Gasteiger charge is 2.22. The lowest BCUT2D eigenvalue weighted by molar-refractivity contribution is -0.117. The number of rotatable bonds is 8. The number of hydrogen-bond donors (Lipinski definition) is 2. The first-order chi connectivity index (χ1) is 10.5. The molecular formula is C13H16FN5O3. The van der Waals surface area contributed by atoms with Crippen LogP contribution in [-0.2, 0) is 9.53 Å². The van der Waals surface area contributed by atoms with Crippen molar-refractivity contribution in [1.29, 1.82) is 0 Å². The largest absolute Gasteiger partial charge is 0.376 e. The molecule has 1 aromatic rings. The fraction of sp³-hybridized carbons (Fsp3) is 0.385. The van der Waals surface area contributed by atoms with Crippen LogP contribution in [0.5, 0.6) is 0 Å². The second kappa shape index (κ2) is 8.60. The van der Waals surface area contributed by atoms with E-state index >= 15 is 0 Å². The number of nitrogens with one attached hydrogen (secondary N) is 1. The molecule has 9 heteroatoms. The number of hydrogen-bond acceptors (Lipinski definition) is 4. The number of methoxy groups -OCH3 is 1. The predicted octanol–water partition coefficient (Wildman–Crippen LogP) is 1.24. The Bertz CT molecular complexity index is 572. The van der Waals surface area contributed by atoms with E-state index in [2.05, 4.69) is 15.3 Å². The van der Waals surface area contributed by atoms with Gasteiger partial charge in [0.15, 0.2) is 0 Å². The highest BCUT2D eigenvalue weighted by molar-refractivity contribution is 5.96. The van der Waals surface area contributed by atoms with Gasteiger partial charge in [0, 0.05) is 17.6 Å². The van der Waals surface area contributed by atoms with Gasteiger partial charge in [0.25, 0.3) is 5.91 Å². The molecule has 0 saturated heterocycles. The van der Waals surface area contributed by atoms with Crippen molar-refractivity contribution in [1.82, 2.24) is 5.32 Å². The summed E-state index contributed by atoms with van der Waals surface area (Å²) < 4.78 is 18.1. The molecule has 0 aromatic heterocycles. The highest BCUT2D eigenvalue weighted by Crippen LogP contribution is 2.24. The lowest BCUT2D eigenvalue weighted by Crippen LogP contribution is -2.33. The van der Waals surface area contributed by atoms with E-state index in [9.17, 15) is 14.0 Å². The van der Waals surface area contributed by atoms with E-state index in [4.69, 9.17) is 16.0 Å². The summed E-state index contributed by atoms with van der Waals surface area (Å²) in [6.07, 6.45) is -0.761. The lowest BCUT2D eigenvalue weighted by Gasteiger charge is -2.20. The van der Waals surface area contributed by atoms with E-state index < -0.39 is 30.6 Å². The zero-order chi connectivity index (χ0) is 16.5. The second-order valence-electron chi connectivity index (χ2n) is 4.35. The molecule has 22 heavy (non-hydrogen) atoms. The molecule has 1 unspecified atom stereocenters. The molecule has 2 amide bonds. The van der Waals surface area contributed by atoms with Crippen LogP contribution in [0.25, 0.3) is 10.4 Å². The van der Waals surface area contributed by atoms with Crippen LogP contribution in [0.15, 0.2) is 29.4 Å². The van der Waals surface area contributed by atoms with Gasteiger partial charge in [-0.15, -0.1) is 0 Å². The number of carbonyl (C=O) groups is 2. The molecule has 1 rings (SSSR count). The number of benzene rings is 1. The third-order valence-corrected chi connectivity index (χ3v) is 2.89. The standard InChI is InChI=1S/C13H16FN5O3/c1-22-12(10(6-14)18-19-16)8-2-4-9(5-3-8)13(21)17-7-11(15)20/h2-5,10,12H,6-7H2,1H3,(H2,15,20)(H,17,21)/t10?,12-/m1/s1. The van der Waals surface area contributed by atoms with Gasteiger partial charge in [0.05, 0.1) is 18.7 Å². The van der Waals surface area contributed by atoms with Crippen LogP contribution in [0.3, 0.4) is 0 Å². The van der Waals surface area contributed by atoms with Crippen LogP contribution >= 0.6 is 0 Å². The minimum Gasteiger partial charge on any atom is -0.376 e. The van der Waals surface area contributed by atoms with Crippen molar-refractivity contribution >= 4 is 11.8 Å². The summed E-state index contributed by atoms with van der Waals surface area (Å²) >= 11 is 0. The first-order valence-electron chi connectivity index (χ1n) is 6.33. The summed E-state index contributed by atoms with van der Waals surface area (Å²) in [7, 11) is 1.37. The molecule has 2 atom stereocenters. The monoisotopic (exact) mass is 309 g/mol. The smallest absolute Gasteiger partial charge is 0.251 e. The van der Waals surface area contributed by atoms with Crippen molar-refractivity contribution < 1.29 is 18.7 Å². The SMILES string of the molecule is CO[C@H](c1ccc(C(=O)NCC(N)=O)cc1)C(CF)N=[N+]=[N-]. The Hall–Kier alpha value is -2.64. The topological polar surface area (TPSA) is 130 Å². The fourth-order valence-electron chi connectivity index (χ4n) is 1.85. The van der Waals surface area contributed by atoms with Gasteiger partial charge in [-0.25, -0.2) is 0 Å². The van der Waals surface area contributed by atoms with Gasteiger partial charge in [-0.05, 0) is 23.2 Å². The minimum atomic E-state index is -0.996. The van der Waals surface area contributed by atoms with Gasteiger partial charge in [-0.1, -0.05) is 17.2 Å². The Balaban J connectivity index is 2.87. The maximum atomic E-state index is 12.9. The Kier molecular flexibility index (Phi) is 6.81. The van der Waals surface area contributed by atoms with Crippen LogP contribution in [-0.4, -0.2) is 38.2 Å². The van der Waals surface area contributed by atoms with Crippen LogP contribution in [0, 0.1) is 0 Å². The Morgan fingerprint density at radius 1 is 1.45 bits per heavy atom. The Morgan fingerprint density at radius 3 is 2.55 bits per heavy atom. The van der Waals surface area contributed by atoms with Crippen LogP contribution in [0.2, 0.25) is 0 Å². The maximum Gasteiger partial charge on any atom is 0.251 e. The molecule has 0 heterocycles. The van der Waals surface area contributed by atoms with Gasteiger partial charge in [-0.3, -0.25) is 14.0 Å². The summed E-state index contributed by atoms with van der Waals surface area (Å²) in [5.41, 5.74) is 14.2. The fourth-order valence-corrected chi connectivity index (χ4v) is 1.85. The van der Waals surface area contributed by atoms with Crippen LogP contribution < -0.4 is 11.1 Å². The molecule has 0 fully saturated rings. The van der Waals surface area contributed by atoms with Gasteiger partial charge in [0.2, 0.25) is 5.91 Å². The van der Waals surface area contributed by atoms with Gasteiger partial charge < -0.3 is 15.8 Å². The van der Waals surface area contributed by atoms with Crippen molar-refractivity contribution in [3.05, 3.63) is 45.8 Å². The second-order valence-corrected chi connectivity index (χ2v) is 4.35. The summed E-state index contributed by atoms with van der Waals surface area (Å²) in [5, 5.41) is 5.69. The third-order valence-electron chi connectivity index (χ3n) is 2.89. The first kappa shape index (κ1) is 17.4. The van der Waals surface area contributed by atoms with Gasteiger partial charge in [-0.2, -0.15) is 0 Å². The molecule has 3 N–H and O–H groups in total. The predicted molar refractivity (Wildman–Crippen MR) is 76.6 cm³/mol. The number of ether oxygens (including phenoxy) is 1. The number of primary amides is 1. The molecule has 0 aliphatic heterocycles. The Morgan fingerprint density at radius 2 is 2.09 bits per heavy atom. The molecule has 118 valence electrons. The molecule has 0 bridgehead atoms. The highest BCUT2D eigenvalue weighted by atomic mass is 19.1. The number of nitrogens with two attached hydrogens (primary N) is 1. The number of amides is 2. The quantitative estimate of drug-likeness (QED) is 0.425. The third kappa shape index (κ3) is 4.72. The number of carbonyl (C=O) groups excluding carboxylic acids is 2. The van der Waals surface area contributed by atoms with E-state index in [1.54, 1.807) is 12.1 Å². The summed E-state index contributed by atoms with van der Waals surface area (Å²) in [4.78, 5) is 24.9. The molecule has 0 aliphatic rings. The van der Waals surface area contributed by atoms with E-state index in [-0.39, 0.29) is 6.54 Å². The molecule has 1 aromatic carbocycles. The van der Waals surface area contributed by atoms with Gasteiger partial charge in [0.1, 0.15) is 6.67 Å². The molecular weight excluding hydrogens is 293 g/mol. The zero-order valence-electron chi connectivity index (χ0n) is 11.9. The minimum absolute atomic E-state index is 0.262. The van der Waals surface area contributed by atoms with E-state index in [0.717, 1.165) is 0 Å². The normalized spacial score (nSPS) is 12.8. The van der Waals surface area contributed by atoms with Crippen molar-refractivity contribution in [2.45, 2.75) is 12.1 Å². The number of halogens is 1. The molecule has 0 spiro atoms. The Labute approximate surface area is 126 Å². The lowest BCUT2D eigenvalue weighted by atomic mass is 10.0. The van der Waals surface area contributed by atoms with Crippen molar-refractivity contribution in [2.75, 3.05) is 20.3 Å². The van der Waals surface area contributed by atoms with Crippen LogP contribution in [0.1, 0.15) is 22.0 Å². The molecule has 0 aliphatic carbocycles. The number of azide groups is 1. The molecule has 0 saturated carbocycles. The number of nitrogens with zero attached hydrogens (tertiary/aromatic N) is 3. The van der Waals surface area contributed by atoms with E-state index in [1.165, 1.54) is 19.2 Å². The zero-order valence-corrected chi connectivity index (χ0v) is 11.9. The summed E-state index contributed by atoms with van der Waals surface area (Å²) in [6.45, 7) is -1.13. The first-order valence-corrected chi connectivity index (χ1v) is 6.33. The van der Waals surface area contributed by atoms with Crippen molar-refractivity contribution in [3.63, 3.8) is 0 Å². The average Bonchev–Trinajstić information content (AvgIpc) is 2.53. The van der Waals surface area contributed by atoms with Crippen molar-refractivity contribution in [2.24, 2.45) is 10.8 Å². The summed E-state index contributed by atoms with van der Waals surface area (Å²) in [6, 6.07) is 5.10.